The number of benzene rings is 1. The van der Waals surface area contributed by atoms with Gasteiger partial charge in [0.25, 0.3) is 0 Å². The first-order valence-corrected chi connectivity index (χ1v) is 7.45. The molecule has 108 valence electrons. The van der Waals surface area contributed by atoms with Crippen molar-refractivity contribution in [2.45, 2.75) is 18.0 Å². The molecule has 0 amide bonds. The minimum Gasteiger partial charge on any atom is -0.326 e. The predicted octanol–water partition coefficient (Wildman–Crippen LogP) is 1.14. The third-order valence-corrected chi connectivity index (χ3v) is 4.43. The summed E-state index contributed by atoms with van der Waals surface area (Å²) in [5, 5.41) is 6.09. The van der Waals surface area contributed by atoms with E-state index in [2.05, 4.69) is 14.9 Å². The number of aromatic amines is 1. The van der Waals surface area contributed by atoms with Crippen LogP contribution in [0, 0.1) is 5.82 Å². The fraction of sp³-hybridized carbons (Fsp3) is 0.182. The van der Waals surface area contributed by atoms with Gasteiger partial charge in [-0.1, -0.05) is 11.6 Å². The summed E-state index contributed by atoms with van der Waals surface area (Å²) < 4.78 is 40.0. The summed E-state index contributed by atoms with van der Waals surface area (Å²) in [6.45, 7) is -0.0120. The summed E-state index contributed by atoms with van der Waals surface area (Å²) in [5.41, 5.74) is 6.29. The third kappa shape index (κ3) is 3.15. The summed E-state index contributed by atoms with van der Waals surface area (Å²) in [7, 11) is -3.85. The fourth-order valence-electron chi connectivity index (χ4n) is 1.56. The molecule has 0 aliphatic carbocycles. The van der Waals surface area contributed by atoms with Crippen LogP contribution in [0.5, 0.6) is 0 Å². The van der Waals surface area contributed by atoms with Crippen LogP contribution in [0.4, 0.5) is 4.39 Å². The van der Waals surface area contributed by atoms with E-state index in [0.717, 1.165) is 6.07 Å². The lowest BCUT2D eigenvalue weighted by atomic mass is 10.2. The van der Waals surface area contributed by atoms with Gasteiger partial charge in [0.05, 0.1) is 16.1 Å². The third-order valence-electron chi connectivity index (χ3n) is 2.63. The Hall–Kier alpha value is -1.48. The topological polar surface area (TPSA) is 101 Å². The Labute approximate surface area is 120 Å². The van der Waals surface area contributed by atoms with E-state index in [4.69, 9.17) is 17.3 Å². The molecule has 1 aromatic carbocycles. The van der Waals surface area contributed by atoms with Gasteiger partial charge in [-0.25, -0.2) is 17.5 Å². The molecule has 0 fully saturated rings. The Morgan fingerprint density at radius 1 is 1.45 bits per heavy atom. The normalized spacial score (nSPS) is 11.8. The van der Waals surface area contributed by atoms with Gasteiger partial charge in [0.15, 0.2) is 0 Å². The number of hydrogen-bond donors (Lipinski definition) is 3. The standard InChI is InChI=1S/C11H12ClFN4O2S/c12-11-8(3-14)1-9(2-10(11)13)20(18,19)17-6-7-4-15-16-5-7/h1-2,4-5,17H,3,6,14H2,(H,15,16). The lowest BCUT2D eigenvalue weighted by molar-refractivity contribution is 0.577. The zero-order valence-electron chi connectivity index (χ0n) is 10.2. The Bertz CT molecular complexity index is 703. The molecule has 4 N–H and O–H groups in total. The van der Waals surface area contributed by atoms with E-state index >= 15 is 0 Å². The van der Waals surface area contributed by atoms with Gasteiger partial charge < -0.3 is 5.73 Å². The molecule has 0 radical (unpaired) electrons. The van der Waals surface area contributed by atoms with E-state index in [1.54, 1.807) is 6.20 Å². The zero-order valence-corrected chi connectivity index (χ0v) is 11.8. The van der Waals surface area contributed by atoms with Gasteiger partial charge in [0.2, 0.25) is 10.0 Å². The Balaban J connectivity index is 2.27. The van der Waals surface area contributed by atoms with Crippen molar-refractivity contribution in [3.05, 3.63) is 46.5 Å². The van der Waals surface area contributed by atoms with Gasteiger partial charge in [-0.05, 0) is 17.7 Å². The molecule has 0 saturated heterocycles. The molecule has 6 nitrogen and oxygen atoms in total. The smallest absolute Gasteiger partial charge is 0.240 e. The van der Waals surface area contributed by atoms with Crippen molar-refractivity contribution in [2.24, 2.45) is 5.73 Å². The predicted molar refractivity (Wildman–Crippen MR) is 71.9 cm³/mol. The number of aromatic nitrogens is 2. The average molecular weight is 319 g/mol. The second-order valence-corrected chi connectivity index (χ2v) is 6.16. The molecule has 0 unspecified atom stereocenters. The number of rotatable bonds is 5. The second kappa shape index (κ2) is 5.88. The highest BCUT2D eigenvalue weighted by Crippen LogP contribution is 2.24. The first-order valence-electron chi connectivity index (χ1n) is 5.59. The van der Waals surface area contributed by atoms with Crippen molar-refractivity contribution in [3.63, 3.8) is 0 Å². The SMILES string of the molecule is NCc1cc(S(=O)(=O)NCc2cn[nH]c2)cc(F)c1Cl. The number of halogens is 2. The summed E-state index contributed by atoms with van der Waals surface area (Å²) in [6.07, 6.45) is 3.03. The van der Waals surface area contributed by atoms with Gasteiger partial charge in [-0.2, -0.15) is 5.10 Å². The zero-order chi connectivity index (χ0) is 14.8. The maximum absolute atomic E-state index is 13.6. The molecule has 1 aromatic heterocycles. The van der Waals surface area contributed by atoms with Crippen molar-refractivity contribution >= 4 is 21.6 Å². The van der Waals surface area contributed by atoms with Crippen molar-refractivity contribution < 1.29 is 12.8 Å². The first-order chi connectivity index (χ1) is 9.44. The van der Waals surface area contributed by atoms with E-state index in [1.807, 2.05) is 0 Å². The quantitative estimate of drug-likeness (QED) is 0.769. The van der Waals surface area contributed by atoms with Crippen LogP contribution in [-0.2, 0) is 23.1 Å². The van der Waals surface area contributed by atoms with Crippen molar-refractivity contribution in [2.75, 3.05) is 0 Å². The van der Waals surface area contributed by atoms with E-state index < -0.39 is 15.8 Å². The minimum absolute atomic E-state index is 0.0427. The minimum atomic E-state index is -3.85. The highest BCUT2D eigenvalue weighted by atomic mass is 35.5. The highest BCUT2D eigenvalue weighted by molar-refractivity contribution is 7.89. The van der Waals surface area contributed by atoms with E-state index in [0.29, 0.717) is 5.56 Å². The molecule has 0 aliphatic rings. The van der Waals surface area contributed by atoms with Crippen molar-refractivity contribution in [1.29, 1.82) is 0 Å². The number of nitrogens with zero attached hydrogens (tertiary/aromatic N) is 1. The van der Waals surface area contributed by atoms with Crippen LogP contribution in [0.15, 0.2) is 29.4 Å². The van der Waals surface area contributed by atoms with Crippen LogP contribution < -0.4 is 10.5 Å². The van der Waals surface area contributed by atoms with E-state index in [9.17, 15) is 12.8 Å². The van der Waals surface area contributed by atoms with Gasteiger partial charge in [0.1, 0.15) is 5.82 Å². The molecule has 0 bridgehead atoms. The lowest BCUT2D eigenvalue weighted by Gasteiger charge is -2.09. The molecule has 1 heterocycles. The Morgan fingerprint density at radius 3 is 2.80 bits per heavy atom. The van der Waals surface area contributed by atoms with Crippen LogP contribution in [0.25, 0.3) is 0 Å². The molecule has 0 atom stereocenters. The van der Waals surface area contributed by atoms with Crippen molar-refractivity contribution in [3.8, 4) is 0 Å². The summed E-state index contributed by atoms with van der Waals surface area (Å²) in [5.74, 6) is -0.821. The fourth-order valence-corrected chi connectivity index (χ4v) is 2.82. The van der Waals surface area contributed by atoms with Crippen LogP contribution in [0.1, 0.15) is 11.1 Å². The van der Waals surface area contributed by atoms with Gasteiger partial charge >= 0.3 is 0 Å². The second-order valence-electron chi connectivity index (χ2n) is 4.01. The number of nitrogens with two attached hydrogens (primary N) is 1. The monoisotopic (exact) mass is 318 g/mol. The maximum Gasteiger partial charge on any atom is 0.240 e. The van der Waals surface area contributed by atoms with Crippen molar-refractivity contribution in [1.82, 2.24) is 14.9 Å². The maximum atomic E-state index is 13.6. The van der Waals surface area contributed by atoms with E-state index in [1.165, 1.54) is 12.3 Å². The molecule has 20 heavy (non-hydrogen) atoms. The van der Waals surface area contributed by atoms with Gasteiger partial charge in [0, 0.05) is 24.8 Å². The molecular formula is C11H12ClFN4O2S. The Kier molecular flexibility index (Phi) is 4.39. The number of H-pyrrole nitrogens is 1. The summed E-state index contributed by atoms with van der Waals surface area (Å²) in [4.78, 5) is -0.219. The number of sulfonamides is 1. The van der Waals surface area contributed by atoms with E-state index in [-0.39, 0.29) is 28.6 Å². The largest absolute Gasteiger partial charge is 0.326 e. The number of nitrogens with one attached hydrogen (secondary N) is 2. The van der Waals surface area contributed by atoms with Crippen LogP contribution in [0.2, 0.25) is 5.02 Å². The average Bonchev–Trinajstić information content (AvgIpc) is 2.92. The molecular weight excluding hydrogens is 307 g/mol. The first kappa shape index (κ1) is 14.9. The molecule has 0 aliphatic heterocycles. The Morgan fingerprint density at radius 2 is 2.20 bits per heavy atom. The summed E-state index contributed by atoms with van der Waals surface area (Å²) in [6, 6.07) is 2.11. The molecule has 2 rings (SSSR count). The highest BCUT2D eigenvalue weighted by Gasteiger charge is 2.18. The van der Waals surface area contributed by atoms with Crippen LogP contribution >= 0.6 is 11.6 Å². The van der Waals surface area contributed by atoms with Gasteiger partial charge in [-0.3, -0.25) is 5.10 Å². The van der Waals surface area contributed by atoms with Crippen LogP contribution in [0.3, 0.4) is 0 Å². The number of hydrogen-bond acceptors (Lipinski definition) is 4. The summed E-state index contributed by atoms with van der Waals surface area (Å²) >= 11 is 5.69. The molecule has 0 saturated carbocycles. The van der Waals surface area contributed by atoms with Gasteiger partial charge in [-0.15, -0.1) is 0 Å². The van der Waals surface area contributed by atoms with Crippen LogP contribution in [-0.4, -0.2) is 18.6 Å². The molecule has 0 spiro atoms. The lowest BCUT2D eigenvalue weighted by Crippen LogP contribution is -2.23. The molecule has 2 aromatic rings. The molecule has 9 heteroatoms.